The number of nitrogens with one attached hydrogen (secondary N) is 2. The maximum absolute atomic E-state index is 12.8. The van der Waals surface area contributed by atoms with Crippen molar-refractivity contribution in [2.24, 2.45) is 5.41 Å². The fourth-order valence-electron chi connectivity index (χ4n) is 3.99. The zero-order valence-electron chi connectivity index (χ0n) is 20.7. The van der Waals surface area contributed by atoms with Crippen molar-refractivity contribution in [1.29, 1.82) is 5.26 Å². The Labute approximate surface area is 205 Å². The quantitative estimate of drug-likeness (QED) is 0.514. The van der Waals surface area contributed by atoms with Crippen molar-refractivity contribution in [1.82, 2.24) is 35.1 Å². The minimum absolute atomic E-state index is 0.105. The summed E-state index contributed by atoms with van der Waals surface area (Å²) in [5.74, 6) is 0.376. The lowest BCUT2D eigenvalue weighted by molar-refractivity contribution is 0.101. The number of tetrazole rings is 1. The maximum atomic E-state index is 12.8. The molecule has 0 spiro atoms. The monoisotopic (exact) mass is 473 g/mol. The number of benzene rings is 1. The van der Waals surface area contributed by atoms with Crippen LogP contribution in [0.2, 0.25) is 0 Å². The van der Waals surface area contributed by atoms with Crippen molar-refractivity contribution in [3.05, 3.63) is 58.9 Å². The summed E-state index contributed by atoms with van der Waals surface area (Å²) < 4.78 is 0. The van der Waals surface area contributed by atoms with Gasteiger partial charge >= 0.3 is 0 Å². The van der Waals surface area contributed by atoms with E-state index < -0.39 is 0 Å². The number of imidazole rings is 1. The highest BCUT2D eigenvalue weighted by atomic mass is 16.2. The largest absolute Gasteiger partial charge is 0.326 e. The zero-order chi connectivity index (χ0) is 25.0. The highest BCUT2D eigenvalue weighted by Gasteiger charge is 2.24. The van der Waals surface area contributed by atoms with E-state index in [1.807, 2.05) is 32.3 Å². The van der Waals surface area contributed by atoms with Gasteiger partial charge < -0.3 is 15.2 Å². The van der Waals surface area contributed by atoms with Crippen molar-refractivity contribution in [2.45, 2.75) is 46.1 Å². The number of nitrogens with zero attached hydrogens (tertiary/aromatic N) is 7. The molecule has 1 aromatic carbocycles. The van der Waals surface area contributed by atoms with E-state index >= 15 is 0 Å². The molecule has 182 valence electrons. The average Bonchev–Trinajstić information content (AvgIpc) is 3.48. The molecule has 10 nitrogen and oxygen atoms in total. The van der Waals surface area contributed by atoms with E-state index in [2.05, 4.69) is 61.6 Å². The minimum Gasteiger partial charge on any atom is -0.326 e. The maximum Gasteiger partial charge on any atom is 0.291 e. The van der Waals surface area contributed by atoms with Crippen molar-refractivity contribution in [3.8, 4) is 6.07 Å². The summed E-state index contributed by atoms with van der Waals surface area (Å²) in [4.78, 5) is 23.2. The number of H-pyrrole nitrogens is 1. The Bertz CT molecular complexity index is 1280. The van der Waals surface area contributed by atoms with Crippen LogP contribution in [0.5, 0.6) is 0 Å². The number of aromatic amines is 1. The first-order chi connectivity index (χ1) is 16.7. The number of amides is 1. The molecule has 2 heterocycles. The molecule has 0 radical (unpaired) electrons. The van der Waals surface area contributed by atoms with E-state index in [0.717, 1.165) is 36.9 Å². The molecule has 35 heavy (non-hydrogen) atoms. The van der Waals surface area contributed by atoms with Gasteiger partial charge in [-0.1, -0.05) is 26.0 Å². The smallest absolute Gasteiger partial charge is 0.291 e. The summed E-state index contributed by atoms with van der Waals surface area (Å²) >= 11 is 0. The SMILES string of the molecule is CN(C)CCn1nnc(Cc2ccc(NC(=O)c3ncc(C#N)[nH]3)c(C3=CCC(C)(C)CC3)c2)n1. The van der Waals surface area contributed by atoms with Crippen molar-refractivity contribution in [3.63, 3.8) is 0 Å². The van der Waals surface area contributed by atoms with Crippen molar-refractivity contribution in [2.75, 3.05) is 26.0 Å². The van der Waals surface area contributed by atoms with E-state index in [9.17, 15) is 4.79 Å². The lowest BCUT2D eigenvalue weighted by Gasteiger charge is -2.29. The average molecular weight is 474 g/mol. The van der Waals surface area contributed by atoms with Crippen LogP contribution in [0.3, 0.4) is 0 Å². The predicted molar refractivity (Wildman–Crippen MR) is 132 cm³/mol. The number of likely N-dealkylation sites (N-methyl/N-ethyl adjacent to an activating group) is 1. The first-order valence-electron chi connectivity index (χ1n) is 11.7. The summed E-state index contributed by atoms with van der Waals surface area (Å²) in [6.45, 7) is 6.06. The lowest BCUT2D eigenvalue weighted by atomic mass is 9.76. The summed E-state index contributed by atoms with van der Waals surface area (Å²) in [5, 5.41) is 24.9. The first-order valence-corrected chi connectivity index (χ1v) is 11.7. The van der Waals surface area contributed by atoms with E-state index in [1.165, 1.54) is 11.8 Å². The third-order valence-corrected chi connectivity index (χ3v) is 6.17. The molecule has 0 bridgehead atoms. The van der Waals surface area contributed by atoms with Crippen molar-refractivity contribution < 1.29 is 4.79 Å². The molecule has 0 saturated heterocycles. The van der Waals surface area contributed by atoms with Crippen LogP contribution in [-0.2, 0) is 13.0 Å². The van der Waals surface area contributed by atoms with E-state index in [0.29, 0.717) is 24.5 Å². The molecule has 2 aromatic heterocycles. The molecule has 0 unspecified atom stereocenters. The van der Waals surface area contributed by atoms with Gasteiger partial charge in [0, 0.05) is 24.2 Å². The molecule has 1 amide bonds. The molecule has 4 rings (SSSR count). The van der Waals surface area contributed by atoms with Gasteiger partial charge in [0.25, 0.3) is 5.91 Å². The highest BCUT2D eigenvalue weighted by Crippen LogP contribution is 2.40. The van der Waals surface area contributed by atoms with Crippen LogP contribution in [-0.4, -0.2) is 61.6 Å². The van der Waals surface area contributed by atoms with Crippen LogP contribution in [0, 0.1) is 16.7 Å². The molecule has 3 aromatic rings. The Morgan fingerprint density at radius 3 is 2.86 bits per heavy atom. The van der Waals surface area contributed by atoms with Crippen molar-refractivity contribution >= 4 is 17.2 Å². The molecule has 0 atom stereocenters. The number of rotatable bonds is 8. The second-order valence-corrected chi connectivity index (χ2v) is 9.97. The van der Waals surface area contributed by atoms with Gasteiger partial charge in [-0.05, 0) is 67.3 Å². The number of aromatic nitrogens is 6. The van der Waals surface area contributed by atoms with Crippen LogP contribution < -0.4 is 5.32 Å². The number of carbonyl (C=O) groups excluding carboxylic acids is 1. The Morgan fingerprint density at radius 1 is 1.34 bits per heavy atom. The van der Waals surface area contributed by atoms with E-state index in [-0.39, 0.29) is 22.8 Å². The summed E-state index contributed by atoms with van der Waals surface area (Å²) in [5.41, 5.74) is 4.46. The fourth-order valence-corrected chi connectivity index (χ4v) is 3.99. The molecular formula is C25H31N9O. The molecule has 0 aliphatic heterocycles. The molecule has 1 aliphatic carbocycles. The topological polar surface area (TPSA) is 128 Å². The summed E-state index contributed by atoms with van der Waals surface area (Å²) in [6, 6.07) is 7.93. The Hall–Kier alpha value is -3.84. The van der Waals surface area contributed by atoms with Gasteiger partial charge in [0.2, 0.25) is 0 Å². The number of hydrogen-bond donors (Lipinski definition) is 2. The van der Waals surface area contributed by atoms with Crippen LogP contribution in [0.25, 0.3) is 5.57 Å². The summed E-state index contributed by atoms with van der Waals surface area (Å²) in [7, 11) is 4.02. The molecule has 0 saturated carbocycles. The minimum atomic E-state index is -0.386. The van der Waals surface area contributed by atoms with Crippen LogP contribution in [0.1, 0.15) is 66.4 Å². The standard InChI is InChI=1S/C25H31N9O/c1-25(2)9-7-18(8-10-25)20-13-17(14-22-30-32-34(31-22)12-11-33(3)4)5-6-21(20)29-24(35)23-27-16-19(15-26)28-23/h5-7,13,16H,8-12,14H2,1-4H3,(H,27,28)(H,29,35). The van der Waals surface area contributed by atoms with Gasteiger partial charge in [-0.2, -0.15) is 10.1 Å². The normalized spacial score (nSPS) is 15.0. The fraction of sp³-hybridized carbons (Fsp3) is 0.440. The number of nitriles is 1. The van der Waals surface area contributed by atoms with E-state index in [4.69, 9.17) is 5.26 Å². The molecule has 2 N–H and O–H groups in total. The molecule has 0 fully saturated rings. The lowest BCUT2D eigenvalue weighted by Crippen LogP contribution is -2.19. The Balaban J connectivity index is 1.58. The van der Waals surface area contributed by atoms with Gasteiger partial charge in [-0.25, -0.2) is 4.98 Å². The number of anilines is 1. The van der Waals surface area contributed by atoms with Gasteiger partial charge in [0.1, 0.15) is 11.8 Å². The van der Waals surface area contributed by atoms with E-state index in [1.54, 1.807) is 4.80 Å². The molecular weight excluding hydrogens is 442 g/mol. The summed E-state index contributed by atoms with van der Waals surface area (Å²) in [6.07, 6.45) is 7.15. The zero-order valence-corrected chi connectivity index (χ0v) is 20.7. The first kappa shape index (κ1) is 24.3. The third kappa shape index (κ3) is 6.19. The van der Waals surface area contributed by atoms with Crippen LogP contribution >= 0.6 is 0 Å². The third-order valence-electron chi connectivity index (χ3n) is 6.17. The Morgan fingerprint density at radius 2 is 2.17 bits per heavy atom. The predicted octanol–water partition coefficient (Wildman–Crippen LogP) is 3.27. The second kappa shape index (κ2) is 10.2. The van der Waals surface area contributed by atoms with Gasteiger partial charge in [0.05, 0.1) is 12.7 Å². The number of hydrogen-bond acceptors (Lipinski definition) is 7. The Kier molecular flexibility index (Phi) is 7.07. The van der Waals surface area contributed by atoms with Crippen LogP contribution in [0.15, 0.2) is 30.5 Å². The highest BCUT2D eigenvalue weighted by molar-refractivity contribution is 6.03. The molecule has 1 aliphatic rings. The molecule has 10 heteroatoms. The number of carbonyl (C=O) groups is 1. The van der Waals surface area contributed by atoms with Gasteiger partial charge in [-0.15, -0.1) is 10.2 Å². The second-order valence-electron chi connectivity index (χ2n) is 9.97. The van der Waals surface area contributed by atoms with Gasteiger partial charge in [0.15, 0.2) is 11.6 Å². The van der Waals surface area contributed by atoms with Gasteiger partial charge in [-0.3, -0.25) is 4.79 Å². The number of allylic oxidation sites excluding steroid dienone is 2. The van der Waals surface area contributed by atoms with Crippen LogP contribution in [0.4, 0.5) is 5.69 Å².